The Kier molecular flexibility index (Phi) is 11.4. The standard InChI is InChI=1S/C25H32Cl2N4O6/c1-34-23-21(31-20(32)10-11-30-25(28)29)24(36-13-16-4-8-18(27)9-5-16)37-19(22(23)33)14-35-12-15-2-6-17(26)7-3-15/h2-9,19,21-24,33H,10-14H2,1H3,(H,31,32)(H4,28,29,30)/t19-,21-,22-,23-,24?/m1/s1. The van der Waals surface area contributed by atoms with E-state index in [1.165, 1.54) is 7.11 Å². The molecule has 0 aliphatic carbocycles. The van der Waals surface area contributed by atoms with Crippen LogP contribution in [0, 0.1) is 0 Å². The summed E-state index contributed by atoms with van der Waals surface area (Å²) >= 11 is 11.9. The van der Waals surface area contributed by atoms with Crippen molar-refractivity contribution < 1.29 is 28.8 Å². The highest BCUT2D eigenvalue weighted by molar-refractivity contribution is 6.30. The van der Waals surface area contributed by atoms with Crippen LogP contribution in [-0.2, 0) is 37.0 Å². The number of benzene rings is 2. The molecule has 0 saturated carbocycles. The van der Waals surface area contributed by atoms with Crippen molar-refractivity contribution in [1.82, 2.24) is 5.32 Å². The first-order valence-corrected chi connectivity index (χ1v) is 12.4. The summed E-state index contributed by atoms with van der Waals surface area (Å²) < 4.78 is 23.5. The number of carbonyl (C=O) groups excluding carboxylic acids is 1. The van der Waals surface area contributed by atoms with E-state index in [4.69, 9.17) is 53.6 Å². The van der Waals surface area contributed by atoms with E-state index in [9.17, 15) is 9.90 Å². The van der Waals surface area contributed by atoms with Gasteiger partial charge in [0.1, 0.15) is 24.4 Å². The predicted octanol–water partition coefficient (Wildman–Crippen LogP) is 1.98. The molecule has 0 spiro atoms. The van der Waals surface area contributed by atoms with E-state index < -0.39 is 30.6 Å². The SMILES string of the molecule is CO[C@H]1[C@H](O)[C@@H](COCc2ccc(Cl)cc2)OC(OCc2ccc(Cl)cc2)[C@@H]1NC(=O)CCN=C(N)N. The second kappa shape index (κ2) is 14.5. The molecule has 1 unspecified atom stereocenters. The number of hydrogen-bond donors (Lipinski definition) is 4. The maximum absolute atomic E-state index is 12.6. The van der Waals surface area contributed by atoms with Crippen LogP contribution in [0.5, 0.6) is 0 Å². The lowest BCUT2D eigenvalue weighted by Crippen LogP contribution is -2.65. The molecule has 2 aromatic rings. The number of methoxy groups -OCH3 is 1. The molecule has 202 valence electrons. The summed E-state index contributed by atoms with van der Waals surface area (Å²) in [5, 5.41) is 15.1. The smallest absolute Gasteiger partial charge is 0.222 e. The topological polar surface area (TPSA) is 151 Å². The third-order valence-corrected chi connectivity index (χ3v) is 6.20. The normalized spacial score (nSPS) is 23.4. The first kappa shape index (κ1) is 29.1. The van der Waals surface area contributed by atoms with Gasteiger partial charge < -0.3 is 40.8 Å². The van der Waals surface area contributed by atoms with Gasteiger partial charge in [-0.1, -0.05) is 47.5 Å². The average Bonchev–Trinajstić information content (AvgIpc) is 2.86. The first-order chi connectivity index (χ1) is 17.8. The fourth-order valence-electron chi connectivity index (χ4n) is 3.81. The minimum absolute atomic E-state index is 0.0263. The van der Waals surface area contributed by atoms with E-state index in [2.05, 4.69) is 10.3 Å². The Morgan fingerprint density at radius 1 is 1.05 bits per heavy atom. The Labute approximate surface area is 225 Å². The molecule has 1 amide bonds. The van der Waals surface area contributed by atoms with Gasteiger partial charge in [-0.15, -0.1) is 0 Å². The summed E-state index contributed by atoms with van der Waals surface area (Å²) in [6.45, 7) is 0.644. The van der Waals surface area contributed by atoms with Gasteiger partial charge in [0.15, 0.2) is 12.2 Å². The number of halogens is 2. The fraction of sp³-hybridized carbons (Fsp3) is 0.440. The molecule has 0 aromatic heterocycles. The highest BCUT2D eigenvalue weighted by Crippen LogP contribution is 2.26. The Bertz CT molecular complexity index is 1020. The Balaban J connectivity index is 1.69. The minimum atomic E-state index is -1.10. The molecule has 1 aliphatic heterocycles. The third kappa shape index (κ3) is 9.11. The maximum atomic E-state index is 12.6. The summed E-state index contributed by atoms with van der Waals surface area (Å²) in [5.74, 6) is -0.463. The van der Waals surface area contributed by atoms with Crippen LogP contribution >= 0.6 is 23.2 Å². The number of rotatable bonds is 12. The minimum Gasteiger partial charge on any atom is -0.388 e. The molecule has 12 heteroatoms. The van der Waals surface area contributed by atoms with E-state index in [1.54, 1.807) is 24.3 Å². The number of aliphatic hydroxyl groups is 1. The van der Waals surface area contributed by atoms with E-state index in [0.717, 1.165) is 11.1 Å². The largest absolute Gasteiger partial charge is 0.388 e. The fourth-order valence-corrected chi connectivity index (χ4v) is 4.06. The van der Waals surface area contributed by atoms with Crippen LogP contribution in [0.3, 0.4) is 0 Å². The first-order valence-electron chi connectivity index (χ1n) is 11.7. The van der Waals surface area contributed by atoms with Gasteiger partial charge in [0.2, 0.25) is 5.91 Å². The second-order valence-corrected chi connectivity index (χ2v) is 9.34. The van der Waals surface area contributed by atoms with Crippen LogP contribution in [0.15, 0.2) is 53.5 Å². The molecule has 1 saturated heterocycles. The predicted molar refractivity (Wildman–Crippen MR) is 140 cm³/mol. The summed E-state index contributed by atoms with van der Waals surface area (Å²) in [6.07, 6.45) is -3.63. The zero-order valence-corrected chi connectivity index (χ0v) is 21.9. The molecule has 5 atom stereocenters. The summed E-state index contributed by atoms with van der Waals surface area (Å²) in [5.41, 5.74) is 12.4. The monoisotopic (exact) mass is 554 g/mol. The lowest BCUT2D eigenvalue weighted by Gasteiger charge is -2.44. The number of amides is 1. The number of aliphatic hydroxyl groups excluding tert-OH is 1. The van der Waals surface area contributed by atoms with Crippen LogP contribution < -0.4 is 16.8 Å². The Morgan fingerprint density at radius 2 is 1.65 bits per heavy atom. The lowest BCUT2D eigenvalue weighted by atomic mass is 9.96. The van der Waals surface area contributed by atoms with Gasteiger partial charge in [0.05, 0.1) is 26.4 Å². The van der Waals surface area contributed by atoms with Crippen molar-refractivity contribution in [3.8, 4) is 0 Å². The summed E-state index contributed by atoms with van der Waals surface area (Å²) in [6, 6.07) is 13.6. The summed E-state index contributed by atoms with van der Waals surface area (Å²) in [4.78, 5) is 16.4. The molecule has 3 rings (SSSR count). The van der Waals surface area contributed by atoms with Gasteiger partial charge in [-0.2, -0.15) is 0 Å². The molecule has 1 heterocycles. The van der Waals surface area contributed by atoms with Gasteiger partial charge in [-0.3, -0.25) is 9.79 Å². The van der Waals surface area contributed by atoms with Crippen molar-refractivity contribution in [3.05, 3.63) is 69.7 Å². The highest BCUT2D eigenvalue weighted by atomic mass is 35.5. The van der Waals surface area contributed by atoms with Crippen LogP contribution in [0.4, 0.5) is 0 Å². The van der Waals surface area contributed by atoms with Crippen molar-refractivity contribution in [3.63, 3.8) is 0 Å². The molecule has 10 nitrogen and oxygen atoms in total. The molecule has 1 aliphatic rings. The molecular formula is C25H32Cl2N4O6. The number of ether oxygens (including phenoxy) is 4. The number of guanidine groups is 1. The molecule has 0 radical (unpaired) electrons. The zero-order chi connectivity index (χ0) is 26.8. The van der Waals surface area contributed by atoms with Crippen molar-refractivity contribution >= 4 is 35.1 Å². The van der Waals surface area contributed by atoms with Gasteiger partial charge in [-0.25, -0.2) is 0 Å². The Morgan fingerprint density at radius 3 is 2.22 bits per heavy atom. The maximum Gasteiger partial charge on any atom is 0.222 e. The van der Waals surface area contributed by atoms with Crippen LogP contribution in [0.1, 0.15) is 17.5 Å². The number of nitrogens with one attached hydrogen (secondary N) is 1. The van der Waals surface area contributed by atoms with Crippen molar-refractivity contribution in [2.75, 3.05) is 20.3 Å². The molecule has 2 aromatic carbocycles. The molecule has 37 heavy (non-hydrogen) atoms. The molecular weight excluding hydrogens is 523 g/mol. The van der Waals surface area contributed by atoms with Crippen LogP contribution in [0.2, 0.25) is 10.0 Å². The Hall–Kier alpha value is -2.44. The average molecular weight is 555 g/mol. The highest BCUT2D eigenvalue weighted by Gasteiger charge is 2.47. The molecule has 0 bridgehead atoms. The van der Waals surface area contributed by atoms with Crippen LogP contribution in [-0.4, -0.2) is 67.9 Å². The molecule has 6 N–H and O–H groups in total. The lowest BCUT2D eigenvalue weighted by molar-refractivity contribution is -0.279. The van der Waals surface area contributed by atoms with E-state index in [-0.39, 0.29) is 38.0 Å². The van der Waals surface area contributed by atoms with E-state index in [1.807, 2.05) is 24.3 Å². The number of carbonyl (C=O) groups is 1. The molecule has 1 fully saturated rings. The van der Waals surface area contributed by atoms with E-state index >= 15 is 0 Å². The number of nitrogens with zero attached hydrogens (tertiary/aromatic N) is 1. The van der Waals surface area contributed by atoms with Crippen molar-refractivity contribution in [1.29, 1.82) is 0 Å². The van der Waals surface area contributed by atoms with Gasteiger partial charge >= 0.3 is 0 Å². The third-order valence-electron chi connectivity index (χ3n) is 5.70. The second-order valence-electron chi connectivity index (χ2n) is 8.46. The number of aliphatic imine (C=N–C) groups is 1. The van der Waals surface area contributed by atoms with Crippen LogP contribution in [0.25, 0.3) is 0 Å². The van der Waals surface area contributed by atoms with Gasteiger partial charge in [-0.05, 0) is 35.4 Å². The van der Waals surface area contributed by atoms with Crippen molar-refractivity contribution in [2.24, 2.45) is 16.5 Å². The quantitative estimate of drug-likeness (QED) is 0.229. The van der Waals surface area contributed by atoms with Crippen molar-refractivity contribution in [2.45, 2.75) is 50.3 Å². The van der Waals surface area contributed by atoms with Gasteiger partial charge in [0, 0.05) is 23.6 Å². The number of hydrogen-bond acceptors (Lipinski definition) is 7. The summed E-state index contributed by atoms with van der Waals surface area (Å²) in [7, 11) is 1.44. The number of nitrogens with two attached hydrogens (primary N) is 2. The van der Waals surface area contributed by atoms with Gasteiger partial charge in [0.25, 0.3) is 0 Å². The van der Waals surface area contributed by atoms with E-state index in [0.29, 0.717) is 16.7 Å². The zero-order valence-electron chi connectivity index (χ0n) is 20.4.